The van der Waals surface area contributed by atoms with Crippen LogP contribution in [0.15, 0.2) is 30.3 Å². The number of rotatable bonds is 7. The first-order valence-corrected chi connectivity index (χ1v) is 11.9. The van der Waals surface area contributed by atoms with E-state index in [2.05, 4.69) is 41.5 Å². The molecule has 0 bridgehead atoms. The standard InChI is InChI=1S/C25H36N6O/c1-18(2)31(15-19-7-5-4-6-8-19)23(32)17-30-14-11-22-21(16-30)25(26-3)29-24(28-22)20-9-12-27-13-10-20/h4-8,18,20,27H,9-17H2,1-3H3,(H,26,28,29). The van der Waals surface area contributed by atoms with E-state index in [1.807, 2.05) is 30.1 Å². The second-order valence-electron chi connectivity index (χ2n) is 9.19. The Labute approximate surface area is 191 Å². The zero-order valence-electron chi connectivity index (χ0n) is 19.6. The molecule has 172 valence electrons. The highest BCUT2D eigenvalue weighted by molar-refractivity contribution is 5.78. The summed E-state index contributed by atoms with van der Waals surface area (Å²) in [6.45, 7) is 8.86. The van der Waals surface area contributed by atoms with Crippen LogP contribution in [0.2, 0.25) is 0 Å². The van der Waals surface area contributed by atoms with Crippen molar-refractivity contribution in [2.45, 2.75) is 58.2 Å². The Morgan fingerprint density at radius 3 is 2.66 bits per heavy atom. The second kappa shape index (κ2) is 10.4. The SMILES string of the molecule is CNc1nc(C2CCNCC2)nc2c1CN(CC(=O)N(Cc1ccccc1)C(C)C)CC2. The Hall–Kier alpha value is -2.51. The summed E-state index contributed by atoms with van der Waals surface area (Å²) in [6, 6.07) is 10.4. The van der Waals surface area contributed by atoms with Gasteiger partial charge in [-0.1, -0.05) is 30.3 Å². The molecule has 1 aromatic carbocycles. The Morgan fingerprint density at radius 2 is 1.97 bits per heavy atom. The van der Waals surface area contributed by atoms with E-state index in [1.54, 1.807) is 0 Å². The molecule has 0 spiro atoms. The van der Waals surface area contributed by atoms with Crippen molar-refractivity contribution in [1.29, 1.82) is 0 Å². The molecule has 1 aromatic heterocycles. The first-order chi connectivity index (χ1) is 15.5. The third-order valence-electron chi connectivity index (χ3n) is 6.60. The van der Waals surface area contributed by atoms with Crippen LogP contribution < -0.4 is 10.6 Å². The third-order valence-corrected chi connectivity index (χ3v) is 6.60. The molecule has 0 radical (unpaired) electrons. The second-order valence-corrected chi connectivity index (χ2v) is 9.19. The number of hydrogen-bond donors (Lipinski definition) is 2. The summed E-state index contributed by atoms with van der Waals surface area (Å²) in [7, 11) is 1.93. The molecule has 4 rings (SSSR count). The fourth-order valence-electron chi connectivity index (χ4n) is 4.71. The quantitative estimate of drug-likeness (QED) is 0.695. The van der Waals surface area contributed by atoms with Crippen molar-refractivity contribution in [2.75, 3.05) is 38.5 Å². The summed E-state index contributed by atoms with van der Waals surface area (Å²) >= 11 is 0. The van der Waals surface area contributed by atoms with Gasteiger partial charge in [0.1, 0.15) is 11.6 Å². The van der Waals surface area contributed by atoms with E-state index < -0.39 is 0 Å². The van der Waals surface area contributed by atoms with Crippen molar-refractivity contribution >= 4 is 11.7 Å². The minimum absolute atomic E-state index is 0.156. The fourth-order valence-corrected chi connectivity index (χ4v) is 4.71. The van der Waals surface area contributed by atoms with Crippen molar-refractivity contribution in [3.63, 3.8) is 0 Å². The Kier molecular flexibility index (Phi) is 7.37. The molecule has 2 N–H and O–H groups in total. The molecule has 2 aliphatic rings. The predicted molar refractivity (Wildman–Crippen MR) is 128 cm³/mol. The minimum Gasteiger partial charge on any atom is -0.373 e. The number of carbonyl (C=O) groups is 1. The molecular formula is C25H36N6O. The molecule has 32 heavy (non-hydrogen) atoms. The smallest absolute Gasteiger partial charge is 0.237 e. The molecule has 0 unspecified atom stereocenters. The van der Waals surface area contributed by atoms with Crippen LogP contribution in [0.1, 0.15) is 55.3 Å². The van der Waals surface area contributed by atoms with Gasteiger partial charge in [0.25, 0.3) is 0 Å². The number of nitrogens with zero attached hydrogens (tertiary/aromatic N) is 4. The largest absolute Gasteiger partial charge is 0.373 e. The number of carbonyl (C=O) groups excluding carboxylic acids is 1. The van der Waals surface area contributed by atoms with Gasteiger partial charge in [0, 0.05) is 50.6 Å². The van der Waals surface area contributed by atoms with Crippen LogP contribution in [0.3, 0.4) is 0 Å². The summed E-state index contributed by atoms with van der Waals surface area (Å²) in [4.78, 5) is 27.3. The van der Waals surface area contributed by atoms with Crippen molar-refractivity contribution in [3.05, 3.63) is 53.0 Å². The van der Waals surface area contributed by atoms with Gasteiger partial charge >= 0.3 is 0 Å². The van der Waals surface area contributed by atoms with E-state index in [0.717, 1.165) is 67.4 Å². The zero-order valence-corrected chi connectivity index (χ0v) is 19.6. The van der Waals surface area contributed by atoms with Crippen LogP contribution in [0, 0.1) is 0 Å². The van der Waals surface area contributed by atoms with Gasteiger partial charge in [-0.15, -0.1) is 0 Å². The van der Waals surface area contributed by atoms with Crippen molar-refractivity contribution < 1.29 is 4.79 Å². The van der Waals surface area contributed by atoms with E-state index in [4.69, 9.17) is 9.97 Å². The Bertz CT molecular complexity index is 893. The molecule has 7 heteroatoms. The highest BCUT2D eigenvalue weighted by Gasteiger charge is 2.28. The van der Waals surface area contributed by atoms with E-state index in [0.29, 0.717) is 25.6 Å². The van der Waals surface area contributed by atoms with Crippen molar-refractivity contribution in [1.82, 2.24) is 25.1 Å². The van der Waals surface area contributed by atoms with E-state index in [9.17, 15) is 4.79 Å². The van der Waals surface area contributed by atoms with Crippen LogP contribution in [-0.2, 0) is 24.3 Å². The summed E-state index contributed by atoms with van der Waals surface area (Å²) in [5.74, 6) is 2.51. The average molecular weight is 437 g/mol. The van der Waals surface area contributed by atoms with Crippen LogP contribution in [0.5, 0.6) is 0 Å². The van der Waals surface area contributed by atoms with E-state index >= 15 is 0 Å². The third kappa shape index (κ3) is 5.27. The van der Waals surface area contributed by atoms with Gasteiger partial charge < -0.3 is 15.5 Å². The van der Waals surface area contributed by atoms with Gasteiger partial charge in [0.2, 0.25) is 5.91 Å². The number of hydrogen-bond acceptors (Lipinski definition) is 6. The molecule has 0 saturated carbocycles. The number of piperidine rings is 1. The lowest BCUT2D eigenvalue weighted by atomic mass is 9.96. The first kappa shape index (κ1) is 22.7. The highest BCUT2D eigenvalue weighted by Crippen LogP contribution is 2.29. The molecular weight excluding hydrogens is 400 g/mol. The Balaban J connectivity index is 1.45. The number of benzene rings is 1. The maximum absolute atomic E-state index is 13.2. The molecule has 7 nitrogen and oxygen atoms in total. The van der Waals surface area contributed by atoms with Crippen molar-refractivity contribution in [3.8, 4) is 0 Å². The van der Waals surface area contributed by atoms with Gasteiger partial charge in [-0.2, -0.15) is 0 Å². The van der Waals surface area contributed by atoms with Gasteiger partial charge in [-0.05, 0) is 45.3 Å². The van der Waals surface area contributed by atoms with Gasteiger partial charge in [-0.3, -0.25) is 9.69 Å². The molecule has 0 aliphatic carbocycles. The summed E-state index contributed by atoms with van der Waals surface area (Å²) in [5.41, 5.74) is 3.45. The summed E-state index contributed by atoms with van der Waals surface area (Å²) < 4.78 is 0. The summed E-state index contributed by atoms with van der Waals surface area (Å²) in [6.07, 6.45) is 3.04. The summed E-state index contributed by atoms with van der Waals surface area (Å²) in [5, 5.41) is 6.71. The lowest BCUT2D eigenvalue weighted by molar-refractivity contribution is -0.135. The molecule has 2 aromatic rings. The highest BCUT2D eigenvalue weighted by atomic mass is 16.2. The van der Waals surface area contributed by atoms with Crippen LogP contribution in [0.4, 0.5) is 5.82 Å². The number of anilines is 1. The Morgan fingerprint density at radius 1 is 1.22 bits per heavy atom. The van der Waals surface area contributed by atoms with E-state index in [-0.39, 0.29) is 11.9 Å². The predicted octanol–water partition coefficient (Wildman–Crippen LogP) is 2.78. The lowest BCUT2D eigenvalue weighted by Crippen LogP contribution is -2.45. The fraction of sp³-hybridized carbons (Fsp3) is 0.560. The van der Waals surface area contributed by atoms with Crippen LogP contribution in [-0.4, -0.2) is 64.9 Å². The number of nitrogens with one attached hydrogen (secondary N) is 2. The molecule has 1 fully saturated rings. The maximum Gasteiger partial charge on any atom is 0.237 e. The van der Waals surface area contributed by atoms with Gasteiger partial charge in [0.05, 0.1) is 12.2 Å². The minimum atomic E-state index is 0.156. The molecule has 1 saturated heterocycles. The molecule has 2 aliphatic heterocycles. The monoisotopic (exact) mass is 436 g/mol. The average Bonchev–Trinajstić information content (AvgIpc) is 2.82. The molecule has 3 heterocycles. The van der Waals surface area contributed by atoms with Gasteiger partial charge in [-0.25, -0.2) is 9.97 Å². The number of amides is 1. The van der Waals surface area contributed by atoms with Crippen LogP contribution >= 0.6 is 0 Å². The number of fused-ring (bicyclic) bond motifs is 1. The molecule has 1 amide bonds. The van der Waals surface area contributed by atoms with Crippen LogP contribution in [0.25, 0.3) is 0 Å². The van der Waals surface area contributed by atoms with Gasteiger partial charge in [0.15, 0.2) is 0 Å². The molecule has 0 atom stereocenters. The maximum atomic E-state index is 13.2. The number of aromatic nitrogens is 2. The first-order valence-electron chi connectivity index (χ1n) is 11.9. The normalized spacial score (nSPS) is 17.2. The zero-order chi connectivity index (χ0) is 22.5. The van der Waals surface area contributed by atoms with Crippen molar-refractivity contribution in [2.24, 2.45) is 0 Å². The lowest BCUT2D eigenvalue weighted by Gasteiger charge is -2.33. The topological polar surface area (TPSA) is 73.4 Å². The van der Waals surface area contributed by atoms with E-state index in [1.165, 1.54) is 0 Å².